The highest BCUT2D eigenvalue weighted by Crippen LogP contribution is 2.15. The monoisotopic (exact) mass is 275 g/mol. The van der Waals surface area contributed by atoms with Crippen LogP contribution in [-0.4, -0.2) is 59.1 Å². The first kappa shape index (κ1) is 15.0. The molecule has 6 nitrogen and oxygen atoms in total. The Morgan fingerprint density at radius 3 is 2.44 bits per heavy atom. The van der Waals surface area contributed by atoms with Gasteiger partial charge in [0.15, 0.2) is 5.12 Å². The maximum Gasteiger partial charge on any atom is 0.307 e. The molecule has 1 rings (SSSR count). The normalized spacial score (nSPS) is 17.3. The Morgan fingerprint density at radius 1 is 1.33 bits per heavy atom. The molecule has 1 N–H and O–H groups in total. The van der Waals surface area contributed by atoms with Crippen LogP contribution in [0.2, 0.25) is 0 Å². The zero-order valence-corrected chi connectivity index (χ0v) is 11.1. The van der Waals surface area contributed by atoms with Gasteiger partial charge in [-0.2, -0.15) is 0 Å². The van der Waals surface area contributed by atoms with E-state index in [1.54, 1.807) is 4.90 Å². The van der Waals surface area contributed by atoms with Crippen molar-refractivity contribution >= 4 is 28.8 Å². The molecule has 18 heavy (non-hydrogen) atoms. The smallest absolute Gasteiger partial charge is 0.307 e. The molecule has 0 aliphatic carbocycles. The van der Waals surface area contributed by atoms with Crippen LogP contribution in [0.25, 0.3) is 0 Å². The number of carbonyl (C=O) groups is 3. The summed E-state index contributed by atoms with van der Waals surface area (Å²) in [5.74, 6) is -1.89. The first-order chi connectivity index (χ1) is 8.50. The van der Waals surface area contributed by atoms with Gasteiger partial charge in [-0.05, 0) is 0 Å². The molecule has 1 heterocycles. The number of carboxylic acid groups (broad SMARTS) is 1. The standard InChI is InChI=1S/C11H17NO5S/c1-8(13)18-7-9(11(15)16)6-10(14)12-2-4-17-5-3-12/h9H,2-7H2,1H3,(H,15,16). The Balaban J connectivity index is 2.46. The minimum Gasteiger partial charge on any atom is -0.481 e. The Bertz CT molecular complexity index is 327. The van der Waals surface area contributed by atoms with Crippen LogP contribution in [-0.2, 0) is 19.1 Å². The summed E-state index contributed by atoms with van der Waals surface area (Å²) >= 11 is 0.941. The SMILES string of the molecule is CC(=O)SCC(CC(=O)N1CCOCC1)C(=O)O. The maximum absolute atomic E-state index is 11.9. The van der Waals surface area contributed by atoms with Crippen molar-refractivity contribution in [1.82, 2.24) is 4.90 Å². The largest absolute Gasteiger partial charge is 0.481 e. The lowest BCUT2D eigenvalue weighted by atomic mass is 10.1. The molecule has 1 saturated heterocycles. The molecule has 0 radical (unpaired) electrons. The second-order valence-corrected chi connectivity index (χ2v) is 5.23. The molecule has 1 aliphatic rings. The number of morpholine rings is 1. The van der Waals surface area contributed by atoms with Crippen LogP contribution >= 0.6 is 11.8 Å². The summed E-state index contributed by atoms with van der Waals surface area (Å²) in [6.07, 6.45) is -0.0599. The zero-order chi connectivity index (χ0) is 13.5. The molecule has 0 aromatic rings. The van der Waals surface area contributed by atoms with E-state index in [1.807, 2.05) is 0 Å². The predicted octanol–water partition coefficient (Wildman–Crippen LogP) is 0.216. The van der Waals surface area contributed by atoms with Crippen molar-refractivity contribution in [2.45, 2.75) is 13.3 Å². The van der Waals surface area contributed by atoms with E-state index in [2.05, 4.69) is 0 Å². The molecule has 7 heteroatoms. The highest BCUT2D eigenvalue weighted by molar-refractivity contribution is 8.13. The lowest BCUT2D eigenvalue weighted by Crippen LogP contribution is -2.42. The van der Waals surface area contributed by atoms with Gasteiger partial charge < -0.3 is 14.7 Å². The molecule has 0 aromatic heterocycles. The van der Waals surface area contributed by atoms with Gasteiger partial charge in [-0.15, -0.1) is 0 Å². The van der Waals surface area contributed by atoms with E-state index in [0.29, 0.717) is 26.3 Å². The van der Waals surface area contributed by atoms with Crippen LogP contribution < -0.4 is 0 Å². The number of carbonyl (C=O) groups excluding carboxylic acids is 2. The molecule has 1 atom stereocenters. The predicted molar refractivity (Wildman–Crippen MR) is 66.3 cm³/mol. The van der Waals surface area contributed by atoms with E-state index < -0.39 is 11.9 Å². The molecule has 0 aromatic carbocycles. The third-order valence-corrected chi connectivity index (χ3v) is 3.60. The second kappa shape index (κ2) is 7.38. The number of ether oxygens (including phenoxy) is 1. The highest BCUT2D eigenvalue weighted by atomic mass is 32.2. The fraction of sp³-hybridized carbons (Fsp3) is 0.727. The molecule has 0 saturated carbocycles. The summed E-state index contributed by atoms with van der Waals surface area (Å²) in [5, 5.41) is 8.87. The van der Waals surface area contributed by atoms with E-state index in [4.69, 9.17) is 9.84 Å². The topological polar surface area (TPSA) is 83.9 Å². The fourth-order valence-corrected chi connectivity index (χ4v) is 2.28. The molecule has 1 fully saturated rings. The number of amides is 1. The highest BCUT2D eigenvalue weighted by Gasteiger charge is 2.25. The van der Waals surface area contributed by atoms with Crippen molar-refractivity contribution in [2.75, 3.05) is 32.1 Å². The van der Waals surface area contributed by atoms with Gasteiger partial charge in [0.05, 0.1) is 19.1 Å². The summed E-state index contributed by atoms with van der Waals surface area (Å²) in [5.41, 5.74) is 0. The van der Waals surface area contributed by atoms with Crippen LogP contribution in [0.3, 0.4) is 0 Å². The van der Waals surface area contributed by atoms with Crippen LogP contribution in [0.5, 0.6) is 0 Å². The Kier molecular flexibility index (Phi) is 6.14. The van der Waals surface area contributed by atoms with Crippen LogP contribution in [0.1, 0.15) is 13.3 Å². The maximum atomic E-state index is 11.9. The molecular formula is C11H17NO5S. The summed E-state index contributed by atoms with van der Waals surface area (Å²) in [7, 11) is 0. The lowest BCUT2D eigenvalue weighted by molar-refractivity contribution is -0.146. The number of hydrogen-bond donors (Lipinski definition) is 1. The molecule has 102 valence electrons. The first-order valence-corrected chi connectivity index (χ1v) is 6.71. The number of carboxylic acids is 1. The molecule has 0 bridgehead atoms. The minimum absolute atomic E-state index is 0.0599. The second-order valence-electron chi connectivity index (χ2n) is 4.04. The molecule has 0 spiro atoms. The third-order valence-electron chi connectivity index (χ3n) is 2.62. The van der Waals surface area contributed by atoms with Crippen molar-refractivity contribution in [1.29, 1.82) is 0 Å². The summed E-state index contributed by atoms with van der Waals surface area (Å²) in [6.45, 7) is 3.38. The van der Waals surface area contributed by atoms with Gasteiger partial charge in [0.2, 0.25) is 5.91 Å². The lowest BCUT2D eigenvalue weighted by Gasteiger charge is -2.27. The number of aliphatic carboxylic acids is 1. The van der Waals surface area contributed by atoms with Crippen molar-refractivity contribution in [3.05, 3.63) is 0 Å². The van der Waals surface area contributed by atoms with Gasteiger partial charge >= 0.3 is 5.97 Å². The van der Waals surface area contributed by atoms with Crippen molar-refractivity contribution < 1.29 is 24.2 Å². The van der Waals surface area contributed by atoms with E-state index in [0.717, 1.165) is 11.8 Å². The van der Waals surface area contributed by atoms with E-state index >= 15 is 0 Å². The third kappa shape index (κ3) is 5.05. The Labute approximate surface area is 110 Å². The van der Waals surface area contributed by atoms with E-state index in [9.17, 15) is 14.4 Å². The molecule has 1 unspecified atom stereocenters. The Hall–Kier alpha value is -1.08. The van der Waals surface area contributed by atoms with E-state index in [-0.39, 0.29) is 23.2 Å². The number of hydrogen-bond acceptors (Lipinski definition) is 5. The van der Waals surface area contributed by atoms with Crippen molar-refractivity contribution in [2.24, 2.45) is 5.92 Å². The first-order valence-electron chi connectivity index (χ1n) is 5.72. The van der Waals surface area contributed by atoms with Gasteiger partial charge in [0, 0.05) is 32.2 Å². The average molecular weight is 275 g/mol. The Morgan fingerprint density at radius 2 is 1.94 bits per heavy atom. The number of rotatable bonds is 5. The van der Waals surface area contributed by atoms with Gasteiger partial charge in [-0.25, -0.2) is 0 Å². The quantitative estimate of drug-likeness (QED) is 0.772. The van der Waals surface area contributed by atoms with Crippen LogP contribution in [0.15, 0.2) is 0 Å². The van der Waals surface area contributed by atoms with Gasteiger partial charge in [-0.1, -0.05) is 11.8 Å². The van der Waals surface area contributed by atoms with Gasteiger partial charge in [0.1, 0.15) is 0 Å². The molecular weight excluding hydrogens is 258 g/mol. The van der Waals surface area contributed by atoms with Gasteiger partial charge in [-0.3, -0.25) is 14.4 Å². The number of nitrogens with zero attached hydrogens (tertiary/aromatic N) is 1. The van der Waals surface area contributed by atoms with Crippen molar-refractivity contribution in [3.8, 4) is 0 Å². The van der Waals surface area contributed by atoms with Gasteiger partial charge in [0.25, 0.3) is 0 Å². The minimum atomic E-state index is -1.04. The summed E-state index contributed by atoms with van der Waals surface area (Å²) in [4.78, 5) is 35.3. The zero-order valence-electron chi connectivity index (χ0n) is 10.3. The summed E-state index contributed by atoms with van der Waals surface area (Å²) in [6, 6.07) is 0. The van der Waals surface area contributed by atoms with Crippen molar-refractivity contribution in [3.63, 3.8) is 0 Å². The molecule has 1 amide bonds. The van der Waals surface area contributed by atoms with Crippen LogP contribution in [0, 0.1) is 5.92 Å². The summed E-state index contributed by atoms with van der Waals surface area (Å²) < 4.78 is 5.12. The molecule has 1 aliphatic heterocycles. The average Bonchev–Trinajstić information content (AvgIpc) is 2.34. The van der Waals surface area contributed by atoms with Crippen LogP contribution in [0.4, 0.5) is 0 Å². The fourth-order valence-electron chi connectivity index (χ4n) is 1.59. The van der Waals surface area contributed by atoms with E-state index in [1.165, 1.54) is 6.92 Å². The number of thioether (sulfide) groups is 1.